The molecule has 1 aromatic carbocycles. The minimum Gasteiger partial charge on any atom is -0.310 e. The molecule has 0 amide bonds. The fourth-order valence-electron chi connectivity index (χ4n) is 2.38. The molecule has 102 valence electrons. The molecule has 2 N–H and O–H groups in total. The standard InChI is InChI=1S/C16H23N3/c1-2-19(12-14-8-9-14)11-10-16(18,13-17)15-6-4-3-5-7-15/h3-7,14H,2,8-12,18H2,1H3. The molecule has 19 heavy (non-hydrogen) atoms. The van der Waals surface area contributed by atoms with Gasteiger partial charge in [-0.3, -0.25) is 0 Å². The van der Waals surface area contributed by atoms with Crippen molar-refractivity contribution in [3.05, 3.63) is 35.9 Å². The number of hydrogen-bond donors (Lipinski definition) is 1. The van der Waals surface area contributed by atoms with Gasteiger partial charge < -0.3 is 10.6 Å². The predicted molar refractivity (Wildman–Crippen MR) is 77.4 cm³/mol. The van der Waals surface area contributed by atoms with Crippen LogP contribution in [0.5, 0.6) is 0 Å². The van der Waals surface area contributed by atoms with Gasteiger partial charge in [-0.1, -0.05) is 37.3 Å². The minimum absolute atomic E-state index is 0.689. The van der Waals surface area contributed by atoms with Crippen LogP contribution in [0.15, 0.2) is 30.3 Å². The molecule has 0 bridgehead atoms. The maximum Gasteiger partial charge on any atom is 0.131 e. The summed E-state index contributed by atoms with van der Waals surface area (Å²) < 4.78 is 0. The quantitative estimate of drug-likeness (QED) is 0.816. The van der Waals surface area contributed by atoms with Crippen LogP contribution in [-0.4, -0.2) is 24.5 Å². The van der Waals surface area contributed by atoms with E-state index < -0.39 is 5.54 Å². The first-order valence-electron chi connectivity index (χ1n) is 7.16. The Balaban J connectivity index is 1.96. The first kappa shape index (κ1) is 14.0. The Hall–Kier alpha value is -1.37. The number of hydrogen-bond acceptors (Lipinski definition) is 3. The molecule has 0 aliphatic heterocycles. The highest BCUT2D eigenvalue weighted by molar-refractivity contribution is 5.30. The molecule has 0 aromatic heterocycles. The lowest BCUT2D eigenvalue weighted by Gasteiger charge is -2.27. The molecule has 0 saturated heterocycles. The number of benzene rings is 1. The second-order valence-electron chi connectivity index (χ2n) is 5.54. The highest BCUT2D eigenvalue weighted by Gasteiger charge is 2.29. The van der Waals surface area contributed by atoms with E-state index in [4.69, 9.17) is 5.73 Å². The second kappa shape index (κ2) is 6.18. The van der Waals surface area contributed by atoms with E-state index in [0.29, 0.717) is 6.42 Å². The van der Waals surface area contributed by atoms with Gasteiger partial charge in [0.25, 0.3) is 0 Å². The van der Waals surface area contributed by atoms with Crippen molar-refractivity contribution in [1.82, 2.24) is 4.90 Å². The SMILES string of the molecule is CCN(CCC(N)(C#N)c1ccccc1)CC1CC1. The highest BCUT2D eigenvalue weighted by Crippen LogP contribution is 2.30. The Bertz CT molecular complexity index is 433. The fourth-order valence-corrected chi connectivity index (χ4v) is 2.38. The van der Waals surface area contributed by atoms with Gasteiger partial charge in [-0.05, 0) is 37.3 Å². The van der Waals surface area contributed by atoms with Crippen molar-refractivity contribution in [3.63, 3.8) is 0 Å². The predicted octanol–water partition coefficient (Wildman–Crippen LogP) is 2.49. The topological polar surface area (TPSA) is 53.0 Å². The Kier molecular flexibility index (Phi) is 4.57. The molecule has 3 heteroatoms. The highest BCUT2D eigenvalue weighted by atomic mass is 15.1. The van der Waals surface area contributed by atoms with Gasteiger partial charge in [0, 0.05) is 13.1 Å². The summed E-state index contributed by atoms with van der Waals surface area (Å²) in [6, 6.07) is 12.0. The summed E-state index contributed by atoms with van der Waals surface area (Å²) in [4.78, 5) is 2.42. The number of rotatable bonds is 7. The van der Waals surface area contributed by atoms with Crippen LogP contribution in [-0.2, 0) is 5.54 Å². The second-order valence-corrected chi connectivity index (χ2v) is 5.54. The largest absolute Gasteiger partial charge is 0.310 e. The maximum atomic E-state index is 9.43. The van der Waals surface area contributed by atoms with Crippen molar-refractivity contribution in [2.45, 2.75) is 31.7 Å². The molecule has 1 atom stereocenters. The lowest BCUT2D eigenvalue weighted by atomic mass is 9.89. The molecule has 1 unspecified atom stereocenters. The van der Waals surface area contributed by atoms with E-state index >= 15 is 0 Å². The Morgan fingerprint density at radius 3 is 2.58 bits per heavy atom. The summed E-state index contributed by atoms with van der Waals surface area (Å²) in [5, 5.41) is 9.43. The van der Waals surface area contributed by atoms with E-state index in [9.17, 15) is 5.26 Å². The molecule has 1 fully saturated rings. The van der Waals surface area contributed by atoms with Gasteiger partial charge in [-0.15, -0.1) is 0 Å². The average Bonchev–Trinajstić information content (AvgIpc) is 3.28. The van der Waals surface area contributed by atoms with E-state index in [1.54, 1.807) is 0 Å². The van der Waals surface area contributed by atoms with Crippen molar-refractivity contribution < 1.29 is 0 Å². The molecule has 3 nitrogen and oxygen atoms in total. The van der Waals surface area contributed by atoms with E-state index in [1.807, 2.05) is 30.3 Å². The van der Waals surface area contributed by atoms with Gasteiger partial charge in [0.1, 0.15) is 5.54 Å². The van der Waals surface area contributed by atoms with Crippen LogP contribution in [0.25, 0.3) is 0 Å². The van der Waals surface area contributed by atoms with E-state index in [-0.39, 0.29) is 0 Å². The maximum absolute atomic E-state index is 9.43. The van der Waals surface area contributed by atoms with Crippen LogP contribution in [0.3, 0.4) is 0 Å². The van der Waals surface area contributed by atoms with Crippen molar-refractivity contribution in [2.24, 2.45) is 11.7 Å². The summed E-state index contributed by atoms with van der Waals surface area (Å²) >= 11 is 0. The molecule has 0 spiro atoms. The van der Waals surface area contributed by atoms with Crippen molar-refractivity contribution in [2.75, 3.05) is 19.6 Å². The molecule has 0 heterocycles. The van der Waals surface area contributed by atoms with Gasteiger partial charge in [0.05, 0.1) is 6.07 Å². The monoisotopic (exact) mass is 257 g/mol. The zero-order valence-corrected chi connectivity index (χ0v) is 11.7. The lowest BCUT2D eigenvalue weighted by molar-refractivity contribution is 0.255. The van der Waals surface area contributed by atoms with Gasteiger partial charge >= 0.3 is 0 Å². The number of nitrogens with two attached hydrogens (primary N) is 1. The summed E-state index contributed by atoms with van der Waals surface area (Å²) in [6.07, 6.45) is 3.41. The molecular formula is C16H23N3. The summed E-state index contributed by atoms with van der Waals surface area (Å²) in [5.74, 6) is 0.880. The third kappa shape index (κ3) is 3.79. The molecule has 1 aromatic rings. The molecule has 1 aliphatic carbocycles. The Morgan fingerprint density at radius 1 is 1.37 bits per heavy atom. The first-order valence-corrected chi connectivity index (χ1v) is 7.16. The third-order valence-corrected chi connectivity index (χ3v) is 3.97. The normalized spacial score (nSPS) is 18.0. The summed E-state index contributed by atoms with van der Waals surface area (Å²) in [6.45, 7) is 5.26. The molecule has 2 rings (SSSR count). The summed E-state index contributed by atoms with van der Waals surface area (Å²) in [5.41, 5.74) is 6.33. The van der Waals surface area contributed by atoms with Crippen LogP contribution in [0.2, 0.25) is 0 Å². The van der Waals surface area contributed by atoms with Crippen LogP contribution >= 0.6 is 0 Å². The number of nitrogens with zero attached hydrogens (tertiary/aromatic N) is 2. The third-order valence-electron chi connectivity index (χ3n) is 3.97. The van der Waals surface area contributed by atoms with Crippen LogP contribution in [0, 0.1) is 17.2 Å². The Labute approximate surface area is 116 Å². The van der Waals surface area contributed by atoms with E-state index in [2.05, 4.69) is 17.9 Å². The van der Waals surface area contributed by atoms with Crippen molar-refractivity contribution in [3.8, 4) is 6.07 Å². The summed E-state index contributed by atoms with van der Waals surface area (Å²) in [7, 11) is 0. The smallest absolute Gasteiger partial charge is 0.131 e. The van der Waals surface area contributed by atoms with E-state index in [1.165, 1.54) is 12.8 Å². The zero-order valence-electron chi connectivity index (χ0n) is 11.7. The van der Waals surface area contributed by atoms with Gasteiger partial charge in [0.15, 0.2) is 0 Å². The van der Waals surface area contributed by atoms with Gasteiger partial charge in [0.2, 0.25) is 0 Å². The Morgan fingerprint density at radius 2 is 2.05 bits per heavy atom. The lowest BCUT2D eigenvalue weighted by Crippen LogP contribution is -2.39. The minimum atomic E-state index is -0.863. The van der Waals surface area contributed by atoms with E-state index in [0.717, 1.165) is 31.1 Å². The molecule has 0 radical (unpaired) electrons. The molecule has 1 aliphatic rings. The van der Waals surface area contributed by atoms with Crippen LogP contribution < -0.4 is 5.73 Å². The average molecular weight is 257 g/mol. The van der Waals surface area contributed by atoms with Crippen LogP contribution in [0.4, 0.5) is 0 Å². The first-order chi connectivity index (χ1) is 9.18. The van der Waals surface area contributed by atoms with Crippen molar-refractivity contribution >= 4 is 0 Å². The van der Waals surface area contributed by atoms with Gasteiger partial charge in [-0.25, -0.2) is 0 Å². The van der Waals surface area contributed by atoms with Gasteiger partial charge in [-0.2, -0.15) is 5.26 Å². The van der Waals surface area contributed by atoms with Crippen LogP contribution in [0.1, 0.15) is 31.7 Å². The van der Waals surface area contributed by atoms with Crippen molar-refractivity contribution in [1.29, 1.82) is 5.26 Å². The number of nitriles is 1. The molecular weight excluding hydrogens is 234 g/mol. The zero-order chi connectivity index (χ0) is 13.7. The molecule has 1 saturated carbocycles. The fraction of sp³-hybridized carbons (Fsp3) is 0.562.